The number of benzene rings is 2. The number of ether oxygens (including phenoxy) is 5. The number of hydrogen-bond acceptors (Lipinski definition) is 18. The number of esters is 1. The first-order valence-electron chi connectivity index (χ1n) is 24.0. The number of β-lactam (4-membered cyclic amide) rings is 1. The van der Waals surface area contributed by atoms with Crippen LogP contribution in [-0.2, 0) is 53.1 Å². The minimum Gasteiger partial charge on any atom is -0.497 e. The van der Waals surface area contributed by atoms with E-state index in [1.807, 2.05) is 82.0 Å². The number of carbonyl (C=O) groups excluding carboxylic acids is 5. The molecule has 1 saturated heterocycles. The van der Waals surface area contributed by atoms with E-state index >= 15 is 0 Å². The second-order valence-corrected chi connectivity index (χ2v) is 21.4. The third kappa shape index (κ3) is 15.8. The molecule has 4 amide bonds. The number of methoxy groups -OCH3 is 2. The summed E-state index contributed by atoms with van der Waals surface area (Å²) in [4.78, 5) is 88.7. The van der Waals surface area contributed by atoms with E-state index in [-0.39, 0.29) is 35.6 Å². The Morgan fingerprint density at radius 2 is 1.58 bits per heavy atom. The molecule has 76 heavy (non-hydrogen) atoms. The lowest BCUT2D eigenvalue weighted by molar-refractivity contribution is -0.675. The predicted molar refractivity (Wildman–Crippen MR) is 284 cm³/mol. The molecule has 0 radical (unpaired) electrons. The van der Waals surface area contributed by atoms with Crippen LogP contribution in [0.3, 0.4) is 0 Å². The van der Waals surface area contributed by atoms with Crippen molar-refractivity contribution in [1.29, 1.82) is 0 Å². The fraction of sp³-hybridized carbons (Fsp3) is 0.451. The van der Waals surface area contributed by atoms with Crippen molar-refractivity contribution in [3.8, 4) is 11.5 Å². The van der Waals surface area contributed by atoms with Crippen LogP contribution in [-0.4, -0.2) is 150 Å². The highest BCUT2D eigenvalue weighted by Gasteiger charge is 2.55. The van der Waals surface area contributed by atoms with Crippen LogP contribution in [0.1, 0.15) is 64.9 Å². The molecule has 25 heteroatoms. The van der Waals surface area contributed by atoms with E-state index < -0.39 is 65.2 Å². The first-order valence-corrected chi connectivity index (χ1v) is 25.8. The van der Waals surface area contributed by atoms with Gasteiger partial charge in [0.1, 0.15) is 58.7 Å². The Kier molecular flexibility index (Phi) is 19.6. The minimum absolute atomic E-state index is 0.0119. The summed E-state index contributed by atoms with van der Waals surface area (Å²) in [5, 5.41) is 7.80. The highest BCUT2D eigenvalue weighted by Crippen LogP contribution is 2.41. The van der Waals surface area contributed by atoms with Crippen LogP contribution in [0.15, 0.2) is 88.3 Å². The number of hydrogen-bond donors (Lipinski definition) is 2. The average Bonchev–Trinajstić information content (AvgIpc) is 3.84. The molecule has 2 aromatic carbocycles. The number of thioether (sulfide) groups is 1. The summed E-state index contributed by atoms with van der Waals surface area (Å²) in [6.07, 6.45) is 2.80. The van der Waals surface area contributed by atoms with E-state index in [0.29, 0.717) is 66.0 Å². The van der Waals surface area contributed by atoms with Crippen LogP contribution >= 0.6 is 23.3 Å². The second-order valence-electron chi connectivity index (χ2n) is 19.5. The van der Waals surface area contributed by atoms with Crippen molar-refractivity contribution < 1.29 is 61.5 Å². The lowest BCUT2D eigenvalue weighted by Crippen LogP contribution is -2.71. The maximum absolute atomic E-state index is 14.5. The van der Waals surface area contributed by atoms with Crippen molar-refractivity contribution in [2.75, 3.05) is 71.3 Å². The molecule has 2 aliphatic heterocycles. The van der Waals surface area contributed by atoms with Gasteiger partial charge in [-0.15, -0.1) is 11.8 Å². The van der Waals surface area contributed by atoms with Crippen molar-refractivity contribution >= 4 is 82.0 Å². The highest BCUT2D eigenvalue weighted by molar-refractivity contribution is 8.00. The summed E-state index contributed by atoms with van der Waals surface area (Å²) in [6, 6.07) is 17.3. The van der Waals surface area contributed by atoms with Crippen molar-refractivity contribution in [2.45, 2.75) is 90.3 Å². The van der Waals surface area contributed by atoms with E-state index in [2.05, 4.69) is 34.9 Å². The Hall–Kier alpha value is -7.54. The Bertz CT molecular complexity index is 2800. The fourth-order valence-corrected chi connectivity index (χ4v) is 9.45. The zero-order valence-corrected chi connectivity index (χ0v) is 46.1. The number of halogens is 1. The molecule has 0 spiro atoms. The van der Waals surface area contributed by atoms with E-state index in [9.17, 15) is 28.4 Å². The van der Waals surface area contributed by atoms with Crippen molar-refractivity contribution in [3.63, 3.8) is 0 Å². The minimum atomic E-state index is -1.40. The van der Waals surface area contributed by atoms with Crippen LogP contribution in [0.2, 0.25) is 0 Å². The van der Waals surface area contributed by atoms with Gasteiger partial charge in [-0.25, -0.2) is 23.3 Å². The molecule has 4 aromatic rings. The Morgan fingerprint density at radius 1 is 0.921 bits per heavy atom. The number of nitrogens with zero attached hydrogens (tertiary/aromatic N) is 9. The molecule has 2 aromatic heterocycles. The SMILES string of the molecule is COc1ccc(COC(=O)C2=C(C[n+]3cccc(N(CCCN(C)C(=O)OC(C)(C)C)Cc4ccc(OC)cc4)c3N=CN(C)C)CSC3C(NC(=O)C(=NOCF)c4nsc(NC(=O)OC(C)(C)C)n4)C(=O)N23)cc1. The first-order chi connectivity index (χ1) is 36.1. The molecule has 2 N–H and O–H groups in total. The molecule has 0 bridgehead atoms. The average molecular weight is 1090 g/mol. The number of amides is 4. The molecule has 0 aliphatic carbocycles. The Morgan fingerprint density at radius 3 is 2.20 bits per heavy atom. The van der Waals surface area contributed by atoms with Gasteiger partial charge in [-0.3, -0.25) is 19.8 Å². The zero-order valence-electron chi connectivity index (χ0n) is 44.4. The number of alkyl halides is 1. The van der Waals surface area contributed by atoms with Gasteiger partial charge in [0.05, 0.1) is 20.4 Å². The number of aliphatic imine (C=N–C) groups is 1. The van der Waals surface area contributed by atoms with E-state index in [4.69, 9.17) is 28.7 Å². The number of nitrogens with one attached hydrogen (secondary N) is 2. The standard InChI is InChI=1S/C51H64FN11O11S2/c1-50(2,3)73-48(67)56-47-55-41(58-76-47)38(57-72-30-52)43(64)54-39-44(65)63-40(46(66)71-28-33-17-21-36(70-11)22-18-33)34(29-75-45(39)63)27-62-24-12-14-37(42(62)53-31-59(7)8)61(26-32-15-19-35(69-10)20-16-32)25-13-23-60(9)49(68)74-51(4,5)6/h12,14-22,24,31,39,45H,13,23,25-30H2,1-11H3,(H-,54,55,56,58,64,67)/p+1. The summed E-state index contributed by atoms with van der Waals surface area (Å²) >= 11 is 2.00. The Labute approximate surface area is 449 Å². The molecule has 0 saturated carbocycles. The zero-order chi connectivity index (χ0) is 55.3. The van der Waals surface area contributed by atoms with Gasteiger partial charge in [0.15, 0.2) is 0 Å². The van der Waals surface area contributed by atoms with Gasteiger partial charge in [-0.2, -0.15) is 9.36 Å². The predicted octanol–water partition coefficient (Wildman–Crippen LogP) is 6.42. The van der Waals surface area contributed by atoms with Crippen LogP contribution < -0.4 is 29.6 Å². The van der Waals surface area contributed by atoms with Gasteiger partial charge >= 0.3 is 24.0 Å². The molecule has 2 unspecified atom stereocenters. The largest absolute Gasteiger partial charge is 0.497 e. The quantitative estimate of drug-likeness (QED) is 0.0164. The topological polar surface area (TPSA) is 232 Å². The Balaban J connectivity index is 1.34. The lowest BCUT2D eigenvalue weighted by atomic mass is 10.0. The van der Waals surface area contributed by atoms with Crippen LogP contribution in [0.25, 0.3) is 0 Å². The van der Waals surface area contributed by atoms with E-state index in [0.717, 1.165) is 11.3 Å². The van der Waals surface area contributed by atoms with Gasteiger partial charge in [0.2, 0.25) is 23.0 Å². The summed E-state index contributed by atoms with van der Waals surface area (Å²) in [5.74, 6) is -0.692. The van der Waals surface area contributed by atoms with Gasteiger partial charge in [0, 0.05) is 63.6 Å². The number of aromatic nitrogens is 3. The molecule has 2 aliphatic rings. The maximum atomic E-state index is 14.5. The number of pyridine rings is 1. The monoisotopic (exact) mass is 1090 g/mol. The molecule has 22 nitrogen and oxygen atoms in total. The van der Waals surface area contributed by atoms with E-state index in [1.54, 1.807) is 82.4 Å². The fourth-order valence-electron chi connectivity index (χ4n) is 7.56. The normalized spacial score (nSPS) is 15.6. The van der Waals surface area contributed by atoms with Crippen molar-refractivity contribution in [2.24, 2.45) is 10.1 Å². The number of rotatable bonds is 22. The number of oxime groups is 1. The highest BCUT2D eigenvalue weighted by atomic mass is 32.2. The summed E-state index contributed by atoms with van der Waals surface area (Å²) in [6.45, 7) is 10.4. The van der Waals surface area contributed by atoms with Crippen molar-refractivity contribution in [3.05, 3.63) is 95.1 Å². The summed E-state index contributed by atoms with van der Waals surface area (Å²) in [5.41, 5.74) is 0.841. The van der Waals surface area contributed by atoms with Gasteiger partial charge in [0.25, 0.3) is 18.7 Å². The molecular weight excluding hydrogens is 1030 g/mol. The van der Waals surface area contributed by atoms with Gasteiger partial charge in [-0.05, 0) is 100 Å². The molecule has 6 rings (SSSR count). The summed E-state index contributed by atoms with van der Waals surface area (Å²) < 4.78 is 46.8. The maximum Gasteiger partial charge on any atom is 0.414 e. The van der Waals surface area contributed by atoms with Crippen LogP contribution in [0.5, 0.6) is 11.5 Å². The molecule has 1 fully saturated rings. The molecular formula is C51H65FN11O11S2+. The smallest absolute Gasteiger partial charge is 0.414 e. The van der Waals surface area contributed by atoms with Crippen molar-refractivity contribution in [1.82, 2.24) is 29.4 Å². The molecule has 408 valence electrons. The summed E-state index contributed by atoms with van der Waals surface area (Å²) in [7, 11) is 8.54. The first kappa shape index (κ1) is 57.7. The third-order valence-electron chi connectivity index (χ3n) is 11.0. The number of fused-ring (bicyclic) bond motifs is 1. The lowest BCUT2D eigenvalue weighted by Gasteiger charge is -2.49. The molecule has 4 heterocycles. The van der Waals surface area contributed by atoms with Gasteiger partial charge < -0.3 is 48.5 Å². The molecule has 2 atom stereocenters. The van der Waals surface area contributed by atoms with Crippen LogP contribution in [0.4, 0.5) is 30.6 Å². The van der Waals surface area contributed by atoms with Crippen LogP contribution in [0, 0.1) is 0 Å². The van der Waals surface area contributed by atoms with E-state index in [1.165, 1.54) is 16.7 Å². The number of anilines is 2. The third-order valence-corrected chi connectivity index (χ3v) is 13.0. The van der Waals surface area contributed by atoms with Gasteiger partial charge in [-0.1, -0.05) is 29.4 Å². The number of carbonyl (C=O) groups is 5. The second kappa shape index (κ2) is 25.8.